The lowest BCUT2D eigenvalue weighted by molar-refractivity contribution is -0.137. The molecule has 1 heterocycles. The fourth-order valence-corrected chi connectivity index (χ4v) is 3.02. The van der Waals surface area contributed by atoms with Gasteiger partial charge in [-0.25, -0.2) is 0 Å². The molecule has 0 spiro atoms. The molecular weight excluding hydrogens is 333 g/mol. The highest BCUT2D eigenvalue weighted by Gasteiger charge is 2.35. The Morgan fingerprint density at radius 2 is 1.80 bits per heavy atom. The van der Waals surface area contributed by atoms with Gasteiger partial charge < -0.3 is 9.80 Å². The third kappa shape index (κ3) is 4.96. The first-order chi connectivity index (χ1) is 11.7. The molecule has 2 rings (SSSR count). The standard InChI is InChI=1S/C18H23F3N2O2/c1-13-7-10-22(11-8-13)17(25)9-12-23(14(2)24)16-6-4-3-5-15(16)18(19,20)21/h3-6,13H,7-12H2,1-2H3. The van der Waals surface area contributed by atoms with Crippen LogP contribution >= 0.6 is 0 Å². The molecule has 4 nitrogen and oxygen atoms in total. The van der Waals surface area contributed by atoms with Gasteiger partial charge in [-0.3, -0.25) is 9.59 Å². The van der Waals surface area contributed by atoms with Gasteiger partial charge in [0.2, 0.25) is 11.8 Å². The van der Waals surface area contributed by atoms with Crippen molar-refractivity contribution in [1.29, 1.82) is 0 Å². The molecule has 1 aromatic carbocycles. The van der Waals surface area contributed by atoms with Gasteiger partial charge in [-0.15, -0.1) is 0 Å². The Hall–Kier alpha value is -2.05. The van der Waals surface area contributed by atoms with Crippen LogP contribution in [0.1, 0.15) is 38.7 Å². The molecule has 1 fully saturated rings. The van der Waals surface area contributed by atoms with Gasteiger partial charge in [0.05, 0.1) is 11.3 Å². The average Bonchev–Trinajstić information content (AvgIpc) is 2.54. The van der Waals surface area contributed by atoms with Gasteiger partial charge in [0.1, 0.15) is 0 Å². The number of hydrogen-bond donors (Lipinski definition) is 0. The first kappa shape index (κ1) is 19.3. The quantitative estimate of drug-likeness (QED) is 0.825. The largest absolute Gasteiger partial charge is 0.418 e. The van der Waals surface area contributed by atoms with Crippen LogP contribution in [0.25, 0.3) is 0 Å². The molecule has 2 amide bonds. The van der Waals surface area contributed by atoms with E-state index < -0.39 is 17.6 Å². The lowest BCUT2D eigenvalue weighted by Gasteiger charge is -2.31. The van der Waals surface area contributed by atoms with Crippen molar-refractivity contribution in [3.8, 4) is 0 Å². The molecule has 0 N–H and O–H groups in total. The Labute approximate surface area is 145 Å². The Balaban J connectivity index is 2.10. The fraction of sp³-hybridized carbons (Fsp3) is 0.556. The van der Waals surface area contributed by atoms with Crippen molar-refractivity contribution in [2.45, 2.75) is 39.3 Å². The van der Waals surface area contributed by atoms with Crippen LogP contribution < -0.4 is 4.90 Å². The monoisotopic (exact) mass is 356 g/mol. The van der Waals surface area contributed by atoms with Gasteiger partial charge in [0.15, 0.2) is 0 Å². The van der Waals surface area contributed by atoms with Crippen molar-refractivity contribution in [3.05, 3.63) is 29.8 Å². The van der Waals surface area contributed by atoms with Crippen molar-refractivity contribution in [2.75, 3.05) is 24.5 Å². The summed E-state index contributed by atoms with van der Waals surface area (Å²) >= 11 is 0. The molecule has 0 atom stereocenters. The van der Waals surface area contributed by atoms with E-state index in [9.17, 15) is 22.8 Å². The highest BCUT2D eigenvalue weighted by atomic mass is 19.4. The van der Waals surface area contributed by atoms with Crippen LogP contribution in [0.5, 0.6) is 0 Å². The number of anilines is 1. The molecule has 0 aliphatic carbocycles. The molecule has 138 valence electrons. The molecule has 0 aromatic heterocycles. The number of piperidine rings is 1. The lowest BCUT2D eigenvalue weighted by Crippen LogP contribution is -2.40. The predicted octanol–water partition coefficient (Wildman–Crippen LogP) is 3.71. The minimum atomic E-state index is -4.56. The first-order valence-corrected chi connectivity index (χ1v) is 8.42. The van der Waals surface area contributed by atoms with E-state index in [1.807, 2.05) is 0 Å². The molecule has 7 heteroatoms. The van der Waals surface area contributed by atoms with Gasteiger partial charge in [-0.05, 0) is 30.9 Å². The number of amides is 2. The summed E-state index contributed by atoms with van der Waals surface area (Å²) in [6, 6.07) is 4.94. The Kier molecular flexibility index (Phi) is 6.08. The third-order valence-corrected chi connectivity index (χ3v) is 4.57. The van der Waals surface area contributed by atoms with E-state index in [0.29, 0.717) is 19.0 Å². The SMILES string of the molecule is CC(=O)N(CCC(=O)N1CCC(C)CC1)c1ccccc1C(F)(F)F. The minimum Gasteiger partial charge on any atom is -0.343 e. The van der Waals surface area contributed by atoms with Crippen LogP contribution in [0.15, 0.2) is 24.3 Å². The second-order valence-corrected chi connectivity index (χ2v) is 6.50. The van der Waals surface area contributed by atoms with E-state index in [1.54, 1.807) is 4.90 Å². The second-order valence-electron chi connectivity index (χ2n) is 6.50. The summed E-state index contributed by atoms with van der Waals surface area (Å²) in [6.45, 7) is 4.61. The molecule has 0 unspecified atom stereocenters. The van der Waals surface area contributed by atoms with Crippen molar-refractivity contribution < 1.29 is 22.8 Å². The molecule has 0 saturated carbocycles. The highest BCUT2D eigenvalue weighted by molar-refractivity contribution is 5.93. The number of para-hydroxylation sites is 1. The molecule has 0 radical (unpaired) electrons. The second kappa shape index (κ2) is 7.89. The number of likely N-dealkylation sites (tertiary alicyclic amines) is 1. The van der Waals surface area contributed by atoms with E-state index in [0.717, 1.165) is 23.8 Å². The first-order valence-electron chi connectivity index (χ1n) is 8.42. The van der Waals surface area contributed by atoms with Crippen LogP contribution in [0.3, 0.4) is 0 Å². The number of alkyl halides is 3. The maximum atomic E-state index is 13.2. The summed E-state index contributed by atoms with van der Waals surface area (Å²) in [7, 11) is 0. The van der Waals surface area contributed by atoms with Crippen LogP contribution in [-0.4, -0.2) is 36.3 Å². The van der Waals surface area contributed by atoms with Crippen LogP contribution in [0.2, 0.25) is 0 Å². The van der Waals surface area contributed by atoms with E-state index in [-0.39, 0.29) is 24.6 Å². The molecule has 1 saturated heterocycles. The number of benzene rings is 1. The zero-order valence-corrected chi connectivity index (χ0v) is 14.5. The van der Waals surface area contributed by atoms with Crippen molar-refractivity contribution in [2.24, 2.45) is 5.92 Å². The lowest BCUT2D eigenvalue weighted by atomic mass is 9.99. The average molecular weight is 356 g/mol. The molecule has 0 bridgehead atoms. The summed E-state index contributed by atoms with van der Waals surface area (Å²) in [5, 5.41) is 0. The summed E-state index contributed by atoms with van der Waals surface area (Å²) < 4.78 is 39.6. The summed E-state index contributed by atoms with van der Waals surface area (Å²) in [5.41, 5.74) is -1.08. The van der Waals surface area contributed by atoms with Gasteiger partial charge in [-0.2, -0.15) is 13.2 Å². The topological polar surface area (TPSA) is 40.6 Å². The number of carbonyl (C=O) groups excluding carboxylic acids is 2. The number of rotatable bonds is 4. The number of hydrogen-bond acceptors (Lipinski definition) is 2. The molecule has 1 aromatic rings. The zero-order valence-electron chi connectivity index (χ0n) is 14.5. The van der Waals surface area contributed by atoms with Crippen molar-refractivity contribution >= 4 is 17.5 Å². The molecule has 1 aliphatic heterocycles. The van der Waals surface area contributed by atoms with Crippen molar-refractivity contribution in [1.82, 2.24) is 4.90 Å². The zero-order chi connectivity index (χ0) is 18.6. The number of halogens is 3. The molecule has 1 aliphatic rings. The van der Waals surface area contributed by atoms with E-state index in [2.05, 4.69) is 6.92 Å². The Morgan fingerprint density at radius 1 is 1.20 bits per heavy atom. The third-order valence-electron chi connectivity index (χ3n) is 4.57. The fourth-order valence-electron chi connectivity index (χ4n) is 3.02. The summed E-state index contributed by atoms with van der Waals surface area (Å²) in [5.74, 6) is -0.0594. The molecular formula is C18H23F3N2O2. The smallest absolute Gasteiger partial charge is 0.343 e. The van der Waals surface area contributed by atoms with Crippen LogP contribution in [-0.2, 0) is 15.8 Å². The van der Waals surface area contributed by atoms with Crippen LogP contribution in [0, 0.1) is 5.92 Å². The summed E-state index contributed by atoms with van der Waals surface area (Å²) in [4.78, 5) is 27.0. The van der Waals surface area contributed by atoms with E-state index >= 15 is 0 Å². The van der Waals surface area contributed by atoms with Gasteiger partial charge in [0, 0.05) is 33.0 Å². The summed E-state index contributed by atoms with van der Waals surface area (Å²) in [6.07, 6.45) is -2.68. The Morgan fingerprint density at radius 3 is 2.36 bits per heavy atom. The van der Waals surface area contributed by atoms with E-state index in [4.69, 9.17) is 0 Å². The predicted molar refractivity (Wildman–Crippen MR) is 89.1 cm³/mol. The number of nitrogens with zero attached hydrogens (tertiary/aromatic N) is 2. The normalized spacial score (nSPS) is 16.0. The van der Waals surface area contributed by atoms with Gasteiger partial charge in [-0.1, -0.05) is 19.1 Å². The minimum absolute atomic E-state index is 0.0140. The van der Waals surface area contributed by atoms with E-state index in [1.165, 1.54) is 25.1 Å². The maximum absolute atomic E-state index is 13.2. The van der Waals surface area contributed by atoms with Crippen LogP contribution in [0.4, 0.5) is 18.9 Å². The van der Waals surface area contributed by atoms with Gasteiger partial charge in [0.25, 0.3) is 0 Å². The number of carbonyl (C=O) groups is 2. The maximum Gasteiger partial charge on any atom is 0.418 e. The Bertz CT molecular complexity index is 623. The van der Waals surface area contributed by atoms with Gasteiger partial charge >= 0.3 is 6.18 Å². The molecule has 25 heavy (non-hydrogen) atoms. The van der Waals surface area contributed by atoms with Crippen molar-refractivity contribution in [3.63, 3.8) is 0 Å². The highest BCUT2D eigenvalue weighted by Crippen LogP contribution is 2.36.